The van der Waals surface area contributed by atoms with Gasteiger partial charge in [-0.25, -0.2) is 0 Å². The van der Waals surface area contributed by atoms with Crippen molar-refractivity contribution in [2.45, 2.75) is 90.8 Å². The van der Waals surface area contributed by atoms with E-state index in [1.165, 1.54) is 5.56 Å². The highest BCUT2D eigenvalue weighted by Gasteiger charge is 2.61. The van der Waals surface area contributed by atoms with Crippen LogP contribution in [0.5, 0.6) is 5.75 Å². The Hall–Kier alpha value is -1.76. The summed E-state index contributed by atoms with van der Waals surface area (Å²) >= 11 is 0. The molecule has 1 spiro atoms. The van der Waals surface area contributed by atoms with Gasteiger partial charge in [0, 0.05) is 23.9 Å². The van der Waals surface area contributed by atoms with Crippen molar-refractivity contribution in [3.63, 3.8) is 0 Å². The molecule has 2 aliphatic heterocycles. The van der Waals surface area contributed by atoms with Crippen molar-refractivity contribution in [2.24, 2.45) is 10.8 Å². The summed E-state index contributed by atoms with van der Waals surface area (Å²) < 4.78 is 10.9. The van der Waals surface area contributed by atoms with Gasteiger partial charge in [0.05, 0.1) is 18.6 Å². The van der Waals surface area contributed by atoms with Gasteiger partial charge in [0.25, 0.3) is 0 Å². The molecule has 4 rings (SSSR count). The van der Waals surface area contributed by atoms with Gasteiger partial charge in [0.1, 0.15) is 30.0 Å². The third-order valence-electron chi connectivity index (χ3n) is 7.29. The van der Waals surface area contributed by atoms with Crippen molar-refractivity contribution in [2.75, 3.05) is 19.8 Å². The van der Waals surface area contributed by atoms with Gasteiger partial charge >= 0.3 is 0 Å². The number of hydroxylamine groups is 2. The van der Waals surface area contributed by atoms with Gasteiger partial charge in [-0.1, -0.05) is 26.0 Å². The molecule has 33 heavy (non-hydrogen) atoms. The maximum absolute atomic E-state index is 13.3. The molecule has 6 heteroatoms. The van der Waals surface area contributed by atoms with Gasteiger partial charge in [0.15, 0.2) is 0 Å². The highest BCUT2D eigenvalue weighted by Crippen LogP contribution is 2.54. The molecule has 1 aromatic rings. The number of hydrogen-bond acceptors (Lipinski definition) is 6. The van der Waals surface area contributed by atoms with E-state index < -0.39 is 16.5 Å². The Morgan fingerprint density at radius 2 is 1.48 bits per heavy atom. The van der Waals surface area contributed by atoms with Crippen LogP contribution in [0.1, 0.15) is 72.8 Å². The molecule has 2 heterocycles. The molecule has 0 bridgehead atoms. The first-order valence-corrected chi connectivity index (χ1v) is 12.2. The number of benzene rings is 1. The van der Waals surface area contributed by atoms with Crippen molar-refractivity contribution in [3.05, 3.63) is 29.8 Å². The maximum Gasteiger partial charge on any atom is 0.147 e. The van der Waals surface area contributed by atoms with Crippen LogP contribution in [0, 0.1) is 10.8 Å². The number of Topliss-reactive ketones (excluding diaryl/α,β-unsaturated/α-hetero) is 2. The molecule has 1 aliphatic carbocycles. The Morgan fingerprint density at radius 1 is 0.939 bits per heavy atom. The van der Waals surface area contributed by atoms with Crippen molar-refractivity contribution < 1.29 is 23.9 Å². The molecule has 1 atom stereocenters. The zero-order chi connectivity index (χ0) is 24.1. The van der Waals surface area contributed by atoms with E-state index in [-0.39, 0.29) is 23.1 Å². The molecule has 2 saturated heterocycles. The fraction of sp³-hybridized carbons (Fsp3) is 0.704. The summed E-state index contributed by atoms with van der Waals surface area (Å²) in [6.45, 7) is 14.3. The minimum absolute atomic E-state index is 0.111. The molecule has 1 saturated carbocycles. The molecule has 0 aromatic heterocycles. The minimum Gasteiger partial charge on any atom is -0.491 e. The van der Waals surface area contributed by atoms with Crippen LogP contribution >= 0.6 is 0 Å². The lowest BCUT2D eigenvalue weighted by Gasteiger charge is -2.58. The monoisotopic (exact) mass is 457 g/mol. The highest BCUT2D eigenvalue weighted by atomic mass is 16.7. The Kier molecular flexibility index (Phi) is 6.26. The number of rotatable bonds is 7. The fourth-order valence-corrected chi connectivity index (χ4v) is 6.03. The lowest BCUT2D eigenvalue weighted by Crippen LogP contribution is -2.67. The number of piperidine rings is 1. The first-order chi connectivity index (χ1) is 15.3. The van der Waals surface area contributed by atoms with E-state index in [0.717, 1.165) is 18.8 Å². The summed E-state index contributed by atoms with van der Waals surface area (Å²) in [7, 11) is 0. The highest BCUT2D eigenvalue weighted by molar-refractivity contribution is 6.10. The van der Waals surface area contributed by atoms with Crippen molar-refractivity contribution in [1.82, 2.24) is 5.06 Å². The van der Waals surface area contributed by atoms with Crippen LogP contribution in [-0.2, 0) is 25.6 Å². The van der Waals surface area contributed by atoms with Gasteiger partial charge in [-0.2, -0.15) is 5.06 Å². The quantitative estimate of drug-likeness (QED) is 0.442. The summed E-state index contributed by atoms with van der Waals surface area (Å²) in [5.41, 5.74) is -0.819. The summed E-state index contributed by atoms with van der Waals surface area (Å²) in [4.78, 5) is 32.9. The SMILES string of the molecule is CC1(C)CC(=O)C2(CC(C)(C)N(OCCc3ccc(OCC4CO4)cc3)C(C)(C)C2)C(=O)C1. The molecule has 1 aromatic carbocycles. The topological polar surface area (TPSA) is 68.4 Å². The predicted octanol–water partition coefficient (Wildman–Crippen LogP) is 4.54. The second kappa shape index (κ2) is 8.47. The second-order valence-corrected chi connectivity index (χ2v) is 12.2. The lowest BCUT2D eigenvalue weighted by molar-refractivity contribution is -0.293. The molecule has 3 fully saturated rings. The van der Waals surface area contributed by atoms with Gasteiger partial charge in [0.2, 0.25) is 0 Å². The summed E-state index contributed by atoms with van der Waals surface area (Å²) in [5.74, 6) is 1.07. The predicted molar refractivity (Wildman–Crippen MR) is 126 cm³/mol. The second-order valence-electron chi connectivity index (χ2n) is 12.2. The third kappa shape index (κ3) is 5.18. The van der Waals surface area contributed by atoms with E-state index in [0.29, 0.717) is 38.9 Å². The fourth-order valence-electron chi connectivity index (χ4n) is 6.03. The van der Waals surface area contributed by atoms with Crippen LogP contribution in [0.3, 0.4) is 0 Å². The van der Waals surface area contributed by atoms with Crippen molar-refractivity contribution in [1.29, 1.82) is 0 Å². The Balaban J connectivity index is 1.38. The molecule has 1 unspecified atom stereocenters. The molecule has 0 N–H and O–H groups in total. The third-order valence-corrected chi connectivity index (χ3v) is 7.29. The van der Waals surface area contributed by atoms with E-state index in [1.807, 2.05) is 31.0 Å². The summed E-state index contributed by atoms with van der Waals surface area (Å²) in [6, 6.07) is 8.10. The minimum atomic E-state index is -0.885. The zero-order valence-electron chi connectivity index (χ0n) is 21.0. The smallest absolute Gasteiger partial charge is 0.147 e. The molecule has 3 aliphatic rings. The summed E-state index contributed by atoms with van der Waals surface area (Å²) in [6.07, 6.45) is 2.98. The Labute approximate surface area is 197 Å². The van der Waals surface area contributed by atoms with Crippen molar-refractivity contribution >= 4 is 11.6 Å². The first-order valence-electron chi connectivity index (χ1n) is 12.2. The molecule has 0 amide bonds. The van der Waals surface area contributed by atoms with E-state index in [9.17, 15) is 9.59 Å². The van der Waals surface area contributed by atoms with Crippen molar-refractivity contribution in [3.8, 4) is 5.75 Å². The average molecular weight is 458 g/mol. The number of ether oxygens (including phenoxy) is 2. The van der Waals surface area contributed by atoms with Gasteiger partial charge in [-0.05, 0) is 70.1 Å². The average Bonchev–Trinajstić information content (AvgIpc) is 3.51. The normalized spacial score (nSPS) is 27.5. The lowest BCUT2D eigenvalue weighted by atomic mass is 9.54. The number of ketones is 2. The van der Waals surface area contributed by atoms with Crippen LogP contribution < -0.4 is 4.74 Å². The van der Waals surface area contributed by atoms with E-state index >= 15 is 0 Å². The van der Waals surface area contributed by atoms with Crippen LogP contribution in [0.25, 0.3) is 0 Å². The van der Waals surface area contributed by atoms with E-state index in [2.05, 4.69) is 39.8 Å². The van der Waals surface area contributed by atoms with Gasteiger partial charge in [-0.15, -0.1) is 0 Å². The molecule has 6 nitrogen and oxygen atoms in total. The van der Waals surface area contributed by atoms with Gasteiger partial charge < -0.3 is 9.47 Å². The largest absolute Gasteiger partial charge is 0.491 e. The molecule has 182 valence electrons. The number of carbonyl (C=O) groups is 2. The number of epoxide rings is 1. The van der Waals surface area contributed by atoms with Crippen LogP contribution in [0.2, 0.25) is 0 Å². The van der Waals surface area contributed by atoms with Crippen LogP contribution in [0.15, 0.2) is 24.3 Å². The zero-order valence-corrected chi connectivity index (χ0v) is 21.0. The number of hydrogen-bond donors (Lipinski definition) is 0. The number of nitrogens with zero attached hydrogens (tertiary/aromatic N) is 1. The van der Waals surface area contributed by atoms with E-state index in [1.54, 1.807) is 0 Å². The summed E-state index contributed by atoms with van der Waals surface area (Å²) in [5, 5.41) is 2.04. The van der Waals surface area contributed by atoms with Crippen LogP contribution in [-0.4, -0.2) is 53.6 Å². The maximum atomic E-state index is 13.3. The van der Waals surface area contributed by atoms with E-state index in [4.69, 9.17) is 14.3 Å². The molecule has 0 radical (unpaired) electrons. The Bertz CT molecular complexity index is 858. The molecular weight excluding hydrogens is 418 g/mol. The van der Waals surface area contributed by atoms with Gasteiger partial charge in [-0.3, -0.25) is 14.4 Å². The standard InChI is InChI=1S/C27H39NO5/c1-24(2)13-22(29)27(23(30)14-24)17-25(3,4)28(26(5,6)18-27)33-12-11-19-7-9-20(10-8-19)31-15-21-16-32-21/h7-10,21H,11-18H2,1-6H3. The number of carbonyl (C=O) groups excluding carboxylic acids is 2. The molecular formula is C27H39NO5. The van der Waals surface area contributed by atoms with Crippen LogP contribution in [0.4, 0.5) is 0 Å². The first kappa shape index (κ1) is 24.4. The Morgan fingerprint density at radius 3 is 2.00 bits per heavy atom.